The van der Waals surface area contributed by atoms with Gasteiger partial charge < -0.3 is 5.73 Å². The second kappa shape index (κ2) is 5.73. The molecule has 1 unspecified atom stereocenters. The lowest BCUT2D eigenvalue weighted by Gasteiger charge is -2.14. The van der Waals surface area contributed by atoms with Crippen LogP contribution in [0, 0.1) is 0 Å². The van der Waals surface area contributed by atoms with Gasteiger partial charge in [-0.05, 0) is 5.56 Å². The van der Waals surface area contributed by atoms with Gasteiger partial charge in [-0.25, -0.2) is 14.5 Å². The molecule has 4 aromatic rings. The Balaban J connectivity index is 1.75. The van der Waals surface area contributed by atoms with Crippen molar-refractivity contribution in [3.8, 4) is 11.4 Å². The van der Waals surface area contributed by atoms with Crippen molar-refractivity contribution in [1.29, 1.82) is 0 Å². The highest BCUT2D eigenvalue weighted by Crippen LogP contribution is 2.29. The zero-order valence-corrected chi connectivity index (χ0v) is 13.2. The minimum Gasteiger partial charge on any atom is -0.383 e. The van der Waals surface area contributed by atoms with Crippen molar-refractivity contribution in [1.82, 2.24) is 24.6 Å². The Kier molecular flexibility index (Phi) is 3.42. The van der Waals surface area contributed by atoms with E-state index >= 15 is 0 Å². The van der Waals surface area contributed by atoms with Crippen LogP contribution in [-0.4, -0.2) is 24.6 Å². The smallest absolute Gasteiger partial charge is 0.165 e. The number of benzene rings is 1. The molecule has 0 aliphatic rings. The van der Waals surface area contributed by atoms with Crippen LogP contribution in [0.5, 0.6) is 0 Å². The molecule has 0 aliphatic carbocycles. The van der Waals surface area contributed by atoms with Crippen molar-refractivity contribution in [2.75, 3.05) is 5.73 Å². The quantitative estimate of drug-likeness (QED) is 0.628. The lowest BCUT2D eigenvalue weighted by Crippen LogP contribution is -2.05. The summed E-state index contributed by atoms with van der Waals surface area (Å²) in [5.74, 6) is 1.17. The fourth-order valence-electron chi connectivity index (χ4n) is 2.80. The number of nitrogen functional groups attached to an aromatic ring is 1. The molecule has 24 heavy (non-hydrogen) atoms. The van der Waals surface area contributed by atoms with Crippen molar-refractivity contribution < 1.29 is 0 Å². The molecule has 0 aliphatic heterocycles. The van der Waals surface area contributed by atoms with Gasteiger partial charge in [-0.3, -0.25) is 4.98 Å². The minimum atomic E-state index is 0.130. The number of nitrogens with zero attached hydrogens (tertiary/aromatic N) is 5. The van der Waals surface area contributed by atoms with Crippen LogP contribution in [0.25, 0.3) is 16.9 Å². The molecule has 4 rings (SSSR count). The molecule has 6 nitrogen and oxygen atoms in total. The molecule has 0 radical (unpaired) electrons. The number of anilines is 1. The molecular weight excluding hydrogens is 300 g/mol. The maximum Gasteiger partial charge on any atom is 0.165 e. The largest absolute Gasteiger partial charge is 0.383 e. The van der Waals surface area contributed by atoms with Gasteiger partial charge in [-0.2, -0.15) is 5.10 Å². The van der Waals surface area contributed by atoms with Crippen LogP contribution in [-0.2, 0) is 0 Å². The second-order valence-corrected chi connectivity index (χ2v) is 5.63. The summed E-state index contributed by atoms with van der Waals surface area (Å²) in [6, 6.07) is 10.2. The molecule has 3 heterocycles. The molecule has 2 N–H and O–H groups in total. The molecule has 6 heteroatoms. The fourth-order valence-corrected chi connectivity index (χ4v) is 2.80. The first-order valence-electron chi connectivity index (χ1n) is 7.69. The van der Waals surface area contributed by atoms with Crippen molar-refractivity contribution in [3.63, 3.8) is 0 Å². The average Bonchev–Trinajstić information content (AvgIpc) is 3.06. The van der Waals surface area contributed by atoms with E-state index in [4.69, 9.17) is 5.73 Å². The number of hydrogen-bond donors (Lipinski definition) is 1. The van der Waals surface area contributed by atoms with E-state index in [0.29, 0.717) is 11.6 Å². The SMILES string of the molecule is CC(c1ccccc1)c1cnc(-c2cnn3ccncc23)nc1N. The highest BCUT2D eigenvalue weighted by molar-refractivity contribution is 5.75. The van der Waals surface area contributed by atoms with E-state index in [1.807, 2.05) is 18.2 Å². The van der Waals surface area contributed by atoms with E-state index in [2.05, 4.69) is 39.1 Å². The van der Waals surface area contributed by atoms with Crippen molar-refractivity contribution in [2.45, 2.75) is 12.8 Å². The Labute approximate surface area is 139 Å². The maximum atomic E-state index is 6.22. The summed E-state index contributed by atoms with van der Waals surface area (Å²) in [6.07, 6.45) is 8.74. The van der Waals surface area contributed by atoms with Gasteiger partial charge >= 0.3 is 0 Å². The normalized spacial score (nSPS) is 12.4. The minimum absolute atomic E-state index is 0.130. The first kappa shape index (κ1) is 14.3. The van der Waals surface area contributed by atoms with Crippen LogP contribution in [0.1, 0.15) is 24.0 Å². The predicted octanol–water partition coefficient (Wildman–Crippen LogP) is 2.92. The average molecular weight is 316 g/mol. The van der Waals surface area contributed by atoms with Crippen LogP contribution >= 0.6 is 0 Å². The molecule has 0 saturated heterocycles. The van der Waals surface area contributed by atoms with Crippen LogP contribution in [0.15, 0.2) is 61.3 Å². The topological polar surface area (TPSA) is 82.0 Å². The third-order valence-electron chi connectivity index (χ3n) is 4.18. The van der Waals surface area contributed by atoms with Gasteiger partial charge in [0.1, 0.15) is 5.82 Å². The first-order valence-corrected chi connectivity index (χ1v) is 7.69. The van der Waals surface area contributed by atoms with Crippen LogP contribution < -0.4 is 5.73 Å². The number of hydrogen-bond acceptors (Lipinski definition) is 5. The molecule has 0 bridgehead atoms. The molecule has 1 atom stereocenters. The Hall–Kier alpha value is -3.28. The molecule has 0 amide bonds. The summed E-state index contributed by atoms with van der Waals surface area (Å²) in [7, 11) is 0. The summed E-state index contributed by atoms with van der Waals surface area (Å²) >= 11 is 0. The van der Waals surface area contributed by atoms with Gasteiger partial charge in [0.05, 0.1) is 23.5 Å². The second-order valence-electron chi connectivity index (χ2n) is 5.63. The number of aromatic nitrogens is 5. The van der Waals surface area contributed by atoms with Gasteiger partial charge in [-0.1, -0.05) is 37.3 Å². The van der Waals surface area contributed by atoms with E-state index in [1.165, 1.54) is 5.56 Å². The summed E-state index contributed by atoms with van der Waals surface area (Å²) < 4.78 is 1.74. The molecule has 0 fully saturated rings. The lowest BCUT2D eigenvalue weighted by molar-refractivity contribution is 0.903. The number of rotatable bonds is 3. The van der Waals surface area contributed by atoms with Crippen molar-refractivity contribution in [3.05, 3.63) is 72.4 Å². The Morgan fingerprint density at radius 2 is 1.92 bits per heavy atom. The summed E-state index contributed by atoms with van der Waals surface area (Å²) in [4.78, 5) is 13.1. The van der Waals surface area contributed by atoms with Gasteiger partial charge in [0.25, 0.3) is 0 Å². The van der Waals surface area contributed by atoms with Crippen LogP contribution in [0.2, 0.25) is 0 Å². The van der Waals surface area contributed by atoms with E-state index in [0.717, 1.165) is 16.6 Å². The van der Waals surface area contributed by atoms with Crippen molar-refractivity contribution >= 4 is 11.3 Å². The van der Waals surface area contributed by atoms with E-state index in [-0.39, 0.29) is 5.92 Å². The van der Waals surface area contributed by atoms with E-state index < -0.39 is 0 Å². The zero-order chi connectivity index (χ0) is 16.5. The summed E-state index contributed by atoms with van der Waals surface area (Å²) in [5.41, 5.74) is 9.97. The molecule has 1 aromatic carbocycles. The lowest BCUT2D eigenvalue weighted by atomic mass is 9.94. The molecular formula is C18H16N6. The van der Waals surface area contributed by atoms with Crippen LogP contribution in [0.3, 0.4) is 0 Å². The van der Waals surface area contributed by atoms with Crippen LogP contribution in [0.4, 0.5) is 5.82 Å². The van der Waals surface area contributed by atoms with Gasteiger partial charge in [0.15, 0.2) is 5.82 Å². The van der Waals surface area contributed by atoms with E-state index in [9.17, 15) is 0 Å². The Bertz CT molecular complexity index is 993. The fraction of sp³-hybridized carbons (Fsp3) is 0.111. The zero-order valence-electron chi connectivity index (χ0n) is 13.2. The molecule has 0 saturated carbocycles. The summed E-state index contributed by atoms with van der Waals surface area (Å²) in [5, 5.41) is 4.29. The highest BCUT2D eigenvalue weighted by Gasteiger charge is 2.16. The van der Waals surface area contributed by atoms with Crippen molar-refractivity contribution in [2.24, 2.45) is 0 Å². The highest BCUT2D eigenvalue weighted by atomic mass is 15.2. The molecule has 118 valence electrons. The standard InChI is InChI=1S/C18H16N6/c1-12(13-5-3-2-4-6-13)14-9-21-18(23-17(14)19)15-10-22-24-8-7-20-11-16(15)24/h2-12H,1H3,(H2,19,21,23). The third-order valence-corrected chi connectivity index (χ3v) is 4.18. The van der Waals surface area contributed by atoms with Gasteiger partial charge in [0.2, 0.25) is 0 Å². The Morgan fingerprint density at radius 3 is 2.71 bits per heavy atom. The van der Waals surface area contributed by atoms with Gasteiger partial charge in [-0.15, -0.1) is 0 Å². The predicted molar refractivity (Wildman–Crippen MR) is 92.4 cm³/mol. The Morgan fingerprint density at radius 1 is 1.08 bits per heavy atom. The van der Waals surface area contributed by atoms with E-state index in [1.54, 1.807) is 35.5 Å². The number of fused-ring (bicyclic) bond motifs is 1. The molecule has 0 spiro atoms. The van der Waals surface area contributed by atoms with Gasteiger partial charge in [0, 0.05) is 30.1 Å². The summed E-state index contributed by atoms with van der Waals surface area (Å²) in [6.45, 7) is 2.10. The first-order chi connectivity index (χ1) is 11.7. The maximum absolute atomic E-state index is 6.22. The molecule has 3 aromatic heterocycles. The number of nitrogens with two attached hydrogens (primary N) is 1. The monoisotopic (exact) mass is 316 g/mol. The third kappa shape index (κ3) is 2.38.